The van der Waals surface area contributed by atoms with E-state index in [1.54, 1.807) is 0 Å². The highest BCUT2D eigenvalue weighted by Crippen LogP contribution is 2.24. The summed E-state index contributed by atoms with van der Waals surface area (Å²) in [4.78, 5) is 21.9. The monoisotopic (exact) mass is 215 g/mol. The Morgan fingerprint density at radius 3 is 2.00 bits per heavy atom. The molecule has 0 atom stereocenters. The molecule has 0 aromatic carbocycles. The minimum atomic E-state index is -0.128. The van der Waals surface area contributed by atoms with Crippen molar-refractivity contribution in [1.29, 1.82) is 0 Å². The summed E-state index contributed by atoms with van der Waals surface area (Å²) in [7, 11) is 0. The van der Waals surface area contributed by atoms with Gasteiger partial charge in [0.15, 0.2) is 5.78 Å². The molecular weight excluding hydrogens is 198 g/mol. The highest BCUT2D eigenvalue weighted by Gasteiger charge is 2.14. The smallest absolute Gasteiger partial charge is 0.175 e. The van der Waals surface area contributed by atoms with Gasteiger partial charge in [-0.05, 0) is 39.6 Å². The first-order valence-electron chi connectivity index (χ1n) is 4.48. The molecule has 0 rings (SSSR count). The number of hydrogen-bond donors (Lipinski definition) is 0. The van der Waals surface area contributed by atoms with Crippen molar-refractivity contribution < 1.29 is 9.59 Å². The highest BCUT2D eigenvalue weighted by atomic mass is 32.2. The van der Waals surface area contributed by atoms with Crippen molar-refractivity contribution in [3.8, 4) is 0 Å². The summed E-state index contributed by atoms with van der Waals surface area (Å²) >= 11 is 1.33. The van der Waals surface area contributed by atoms with Crippen LogP contribution in [0.4, 0.5) is 0 Å². The van der Waals surface area contributed by atoms with E-state index in [0.717, 1.165) is 0 Å². The normalized spacial score (nSPS) is 12.8. The molecule has 0 aromatic heterocycles. The molecule has 0 radical (unpaired) electrons. The Morgan fingerprint density at radius 2 is 1.71 bits per heavy atom. The zero-order chi connectivity index (χ0) is 11.4. The first kappa shape index (κ1) is 13.4. The Kier molecular flexibility index (Phi) is 5.05. The van der Waals surface area contributed by atoms with E-state index >= 15 is 0 Å². The highest BCUT2D eigenvalue weighted by molar-refractivity contribution is 7.99. The summed E-state index contributed by atoms with van der Waals surface area (Å²) in [5, 5.41) is 0. The maximum atomic E-state index is 11.1. The second-order valence-corrected chi connectivity index (χ2v) is 5.77. The average Bonchev–Trinajstić information content (AvgIpc) is 1.94. The standard InChI is InChI=1S/C10H17NO2S/c1-7(12)6-9(8(2)13)11-14-10(3,4)5/h6H2,1-5H3/b11-9+. The number of hydrogen-bond acceptors (Lipinski definition) is 4. The lowest BCUT2D eigenvalue weighted by atomic mass is 10.1. The minimum Gasteiger partial charge on any atom is -0.300 e. The van der Waals surface area contributed by atoms with Gasteiger partial charge in [0.25, 0.3) is 0 Å². The number of carbonyl (C=O) groups excluding carboxylic acids is 2. The van der Waals surface area contributed by atoms with E-state index in [4.69, 9.17) is 0 Å². The fourth-order valence-electron chi connectivity index (χ4n) is 0.649. The predicted molar refractivity (Wildman–Crippen MR) is 60.8 cm³/mol. The molecule has 0 saturated heterocycles. The first-order valence-corrected chi connectivity index (χ1v) is 5.25. The molecule has 4 heteroatoms. The maximum absolute atomic E-state index is 11.1. The van der Waals surface area contributed by atoms with Gasteiger partial charge < -0.3 is 0 Å². The van der Waals surface area contributed by atoms with Crippen molar-refractivity contribution in [3.63, 3.8) is 0 Å². The molecule has 0 aliphatic heterocycles. The van der Waals surface area contributed by atoms with Crippen molar-refractivity contribution in [2.75, 3.05) is 0 Å². The Hall–Kier alpha value is -0.640. The van der Waals surface area contributed by atoms with E-state index in [2.05, 4.69) is 4.40 Å². The molecular formula is C10H17NO2S. The number of rotatable bonds is 4. The third-order valence-corrected chi connectivity index (χ3v) is 2.11. The summed E-state index contributed by atoms with van der Waals surface area (Å²) in [5.74, 6) is -0.162. The van der Waals surface area contributed by atoms with Crippen LogP contribution < -0.4 is 0 Å². The van der Waals surface area contributed by atoms with E-state index in [0.29, 0.717) is 5.71 Å². The van der Waals surface area contributed by atoms with E-state index in [-0.39, 0.29) is 22.7 Å². The summed E-state index contributed by atoms with van der Waals surface area (Å²) in [6.45, 7) is 8.91. The van der Waals surface area contributed by atoms with Gasteiger partial charge in [-0.25, -0.2) is 4.40 Å². The largest absolute Gasteiger partial charge is 0.300 e. The quantitative estimate of drug-likeness (QED) is 0.534. The van der Waals surface area contributed by atoms with Crippen LogP contribution in [0.5, 0.6) is 0 Å². The third kappa shape index (κ3) is 6.83. The SMILES string of the molecule is CC(=O)C/C(=N\SC(C)(C)C)C(C)=O. The number of ketones is 2. The molecule has 80 valence electrons. The number of Topliss-reactive ketones (excluding diaryl/α,β-unsaturated/α-hetero) is 2. The molecule has 0 unspecified atom stereocenters. The van der Waals surface area contributed by atoms with Gasteiger partial charge in [-0.15, -0.1) is 0 Å². The van der Waals surface area contributed by atoms with E-state index in [1.165, 1.54) is 25.8 Å². The van der Waals surface area contributed by atoms with Crippen molar-refractivity contribution >= 4 is 29.2 Å². The molecule has 0 N–H and O–H groups in total. The van der Waals surface area contributed by atoms with Gasteiger partial charge in [0.05, 0.1) is 12.1 Å². The summed E-state index contributed by atoms with van der Waals surface area (Å²) in [6, 6.07) is 0. The van der Waals surface area contributed by atoms with Crippen LogP contribution in [0.3, 0.4) is 0 Å². The van der Waals surface area contributed by atoms with Gasteiger partial charge >= 0.3 is 0 Å². The summed E-state index contributed by atoms with van der Waals surface area (Å²) in [5.41, 5.74) is 0.359. The second kappa shape index (κ2) is 5.29. The fourth-order valence-corrected chi connectivity index (χ4v) is 1.23. The van der Waals surface area contributed by atoms with Gasteiger partial charge in [-0.3, -0.25) is 9.59 Å². The predicted octanol–water partition coefficient (Wildman–Crippen LogP) is 2.44. The van der Waals surface area contributed by atoms with Gasteiger partial charge in [0.1, 0.15) is 5.78 Å². The van der Waals surface area contributed by atoms with Crippen molar-refractivity contribution in [3.05, 3.63) is 0 Å². The molecule has 3 nitrogen and oxygen atoms in total. The van der Waals surface area contributed by atoms with Crippen LogP contribution in [0.1, 0.15) is 41.0 Å². The molecule has 0 fully saturated rings. The average molecular weight is 215 g/mol. The molecule has 0 spiro atoms. The van der Waals surface area contributed by atoms with Crippen LogP contribution in [0, 0.1) is 0 Å². The van der Waals surface area contributed by atoms with Gasteiger partial charge in [0.2, 0.25) is 0 Å². The Morgan fingerprint density at radius 1 is 1.21 bits per heavy atom. The zero-order valence-electron chi connectivity index (χ0n) is 9.38. The number of carbonyl (C=O) groups is 2. The number of nitrogens with zero attached hydrogens (tertiary/aromatic N) is 1. The Labute approximate surface area is 89.5 Å². The first-order chi connectivity index (χ1) is 6.22. The zero-order valence-corrected chi connectivity index (χ0v) is 10.2. The molecule has 0 aromatic rings. The van der Waals surface area contributed by atoms with Crippen LogP contribution in [0.25, 0.3) is 0 Å². The lowest BCUT2D eigenvalue weighted by molar-refractivity contribution is -0.117. The lowest BCUT2D eigenvalue weighted by Crippen LogP contribution is -2.15. The van der Waals surface area contributed by atoms with Crippen molar-refractivity contribution in [2.45, 2.75) is 45.8 Å². The molecule has 0 heterocycles. The van der Waals surface area contributed by atoms with E-state index in [1.807, 2.05) is 20.8 Å². The molecule has 0 bridgehead atoms. The molecule has 0 amide bonds. The fraction of sp³-hybridized carbons (Fsp3) is 0.700. The third-order valence-electron chi connectivity index (χ3n) is 1.25. The van der Waals surface area contributed by atoms with Crippen LogP contribution in [0.15, 0.2) is 4.40 Å². The van der Waals surface area contributed by atoms with Crippen LogP contribution >= 0.6 is 11.9 Å². The van der Waals surface area contributed by atoms with Crippen LogP contribution in [-0.2, 0) is 9.59 Å². The second-order valence-electron chi connectivity index (χ2n) is 4.18. The maximum Gasteiger partial charge on any atom is 0.175 e. The van der Waals surface area contributed by atoms with Gasteiger partial charge in [-0.1, -0.05) is 0 Å². The van der Waals surface area contributed by atoms with Crippen LogP contribution in [-0.4, -0.2) is 22.0 Å². The van der Waals surface area contributed by atoms with E-state index in [9.17, 15) is 9.59 Å². The Bertz CT molecular complexity index is 264. The topological polar surface area (TPSA) is 46.5 Å². The van der Waals surface area contributed by atoms with Gasteiger partial charge in [-0.2, -0.15) is 0 Å². The molecule has 0 aliphatic rings. The lowest BCUT2D eigenvalue weighted by Gasteiger charge is -2.13. The molecule has 14 heavy (non-hydrogen) atoms. The summed E-state index contributed by atoms with van der Waals surface area (Å²) in [6.07, 6.45) is 0.137. The molecule has 0 aliphatic carbocycles. The van der Waals surface area contributed by atoms with Gasteiger partial charge in [0, 0.05) is 11.7 Å². The van der Waals surface area contributed by atoms with Crippen molar-refractivity contribution in [2.24, 2.45) is 4.40 Å². The Balaban J connectivity index is 4.50. The van der Waals surface area contributed by atoms with Crippen molar-refractivity contribution in [1.82, 2.24) is 0 Å². The van der Waals surface area contributed by atoms with E-state index < -0.39 is 0 Å². The van der Waals surface area contributed by atoms with Crippen LogP contribution in [0.2, 0.25) is 0 Å². The summed E-state index contributed by atoms with van der Waals surface area (Å²) < 4.78 is 4.07. The molecule has 0 saturated carbocycles. The minimum absolute atomic E-state index is 0.0303.